The number of aromatic nitrogens is 1. The molecule has 0 aliphatic carbocycles. The Hall–Kier alpha value is -1.47. The number of rotatable bonds is 6. The first-order valence-electron chi connectivity index (χ1n) is 6.44. The van der Waals surface area contributed by atoms with Crippen LogP contribution < -0.4 is 11.1 Å². The van der Waals surface area contributed by atoms with Gasteiger partial charge < -0.3 is 15.8 Å². The number of nitrogens with two attached hydrogens (primary N) is 1. The number of nitrogens with one attached hydrogen (secondary N) is 1. The van der Waals surface area contributed by atoms with Crippen molar-refractivity contribution in [3.8, 4) is 0 Å². The van der Waals surface area contributed by atoms with Crippen molar-refractivity contribution in [1.82, 2.24) is 10.3 Å². The molecule has 0 saturated carbocycles. The zero-order valence-corrected chi connectivity index (χ0v) is 13.0. The highest BCUT2D eigenvalue weighted by Gasteiger charge is 2.24. The van der Waals surface area contributed by atoms with E-state index in [0.29, 0.717) is 11.4 Å². The van der Waals surface area contributed by atoms with Gasteiger partial charge in [-0.2, -0.15) is 0 Å². The maximum Gasteiger partial charge on any atom is 0.328 e. The van der Waals surface area contributed by atoms with Crippen LogP contribution in [0.1, 0.15) is 48.7 Å². The van der Waals surface area contributed by atoms with Gasteiger partial charge in [0.2, 0.25) is 0 Å². The van der Waals surface area contributed by atoms with Gasteiger partial charge in [0, 0.05) is 5.38 Å². The smallest absolute Gasteiger partial charge is 0.328 e. The maximum atomic E-state index is 12.1. The van der Waals surface area contributed by atoms with Crippen molar-refractivity contribution in [3.05, 3.63) is 16.1 Å². The summed E-state index contributed by atoms with van der Waals surface area (Å²) in [5.74, 6) is -0.576. The van der Waals surface area contributed by atoms with Crippen LogP contribution in [-0.4, -0.2) is 30.0 Å². The molecule has 3 N–H and O–H groups in total. The van der Waals surface area contributed by atoms with Crippen LogP contribution in [0.15, 0.2) is 5.38 Å². The molecule has 2 atom stereocenters. The number of nitrogens with zero attached hydrogens (tertiary/aromatic N) is 1. The van der Waals surface area contributed by atoms with Gasteiger partial charge in [-0.1, -0.05) is 13.8 Å². The molecule has 1 aromatic rings. The molecule has 0 aliphatic rings. The van der Waals surface area contributed by atoms with Crippen molar-refractivity contribution in [2.75, 3.05) is 7.11 Å². The Morgan fingerprint density at radius 3 is 2.55 bits per heavy atom. The first kappa shape index (κ1) is 16.6. The molecule has 7 heteroatoms. The van der Waals surface area contributed by atoms with Crippen LogP contribution in [-0.2, 0) is 9.53 Å². The number of amides is 1. The van der Waals surface area contributed by atoms with E-state index in [1.807, 2.05) is 13.8 Å². The van der Waals surface area contributed by atoms with Gasteiger partial charge in [0.25, 0.3) is 5.91 Å². The highest BCUT2D eigenvalue weighted by Crippen LogP contribution is 2.16. The topological polar surface area (TPSA) is 94.3 Å². The van der Waals surface area contributed by atoms with Crippen LogP contribution in [0.4, 0.5) is 0 Å². The van der Waals surface area contributed by atoms with Gasteiger partial charge in [0.15, 0.2) is 0 Å². The Morgan fingerprint density at radius 2 is 2.10 bits per heavy atom. The minimum absolute atomic E-state index is 0.214. The Labute approximate surface area is 122 Å². The highest BCUT2D eigenvalue weighted by molar-refractivity contribution is 7.09. The normalized spacial score (nSPS) is 13.9. The fourth-order valence-corrected chi connectivity index (χ4v) is 2.42. The number of thiazole rings is 1. The Bertz CT molecular complexity index is 471. The molecule has 1 heterocycles. The molecule has 0 radical (unpaired) electrons. The van der Waals surface area contributed by atoms with Gasteiger partial charge in [-0.3, -0.25) is 4.79 Å². The molecular formula is C13H21N3O3S. The van der Waals surface area contributed by atoms with E-state index in [1.165, 1.54) is 18.4 Å². The Morgan fingerprint density at radius 1 is 1.45 bits per heavy atom. The van der Waals surface area contributed by atoms with Gasteiger partial charge in [0.1, 0.15) is 16.7 Å². The molecule has 6 nitrogen and oxygen atoms in total. The van der Waals surface area contributed by atoms with Crippen molar-refractivity contribution < 1.29 is 14.3 Å². The molecule has 0 fully saturated rings. The van der Waals surface area contributed by atoms with Gasteiger partial charge in [-0.05, 0) is 19.3 Å². The lowest BCUT2D eigenvalue weighted by Crippen LogP contribution is -2.42. The molecule has 0 aromatic carbocycles. The molecule has 20 heavy (non-hydrogen) atoms. The van der Waals surface area contributed by atoms with Crippen LogP contribution in [0.3, 0.4) is 0 Å². The fourth-order valence-electron chi connectivity index (χ4n) is 1.66. The lowest BCUT2D eigenvalue weighted by molar-refractivity contribution is -0.143. The number of carbonyl (C=O) groups excluding carboxylic acids is 2. The van der Waals surface area contributed by atoms with Crippen molar-refractivity contribution in [2.24, 2.45) is 11.7 Å². The minimum atomic E-state index is -0.659. The second-order valence-electron chi connectivity index (χ2n) is 5.04. The van der Waals surface area contributed by atoms with E-state index >= 15 is 0 Å². The Kier molecular flexibility index (Phi) is 6.09. The molecule has 1 unspecified atom stereocenters. The third kappa shape index (κ3) is 4.57. The molecule has 0 spiro atoms. The number of esters is 1. The van der Waals surface area contributed by atoms with Crippen LogP contribution in [0.25, 0.3) is 0 Å². The third-order valence-corrected chi connectivity index (χ3v) is 3.69. The van der Waals surface area contributed by atoms with E-state index < -0.39 is 12.0 Å². The predicted molar refractivity (Wildman–Crippen MR) is 77.4 cm³/mol. The fraction of sp³-hybridized carbons (Fsp3) is 0.615. The second-order valence-corrected chi connectivity index (χ2v) is 5.93. The zero-order chi connectivity index (χ0) is 15.3. The summed E-state index contributed by atoms with van der Waals surface area (Å²) in [5, 5.41) is 4.98. The molecule has 0 aliphatic heterocycles. The standard InChI is InChI=1S/C13H21N3O3S/c1-7(2)5-9(13(18)19-4)15-11(17)10-6-20-12(16-10)8(3)14/h6-9H,5,14H2,1-4H3,(H,15,17)/t8?,9-/m0/s1. The summed E-state index contributed by atoms with van der Waals surface area (Å²) in [5.41, 5.74) is 5.98. The van der Waals surface area contributed by atoms with Crippen molar-refractivity contribution >= 4 is 23.2 Å². The average Bonchev–Trinajstić information content (AvgIpc) is 2.86. The first-order chi connectivity index (χ1) is 9.35. The summed E-state index contributed by atoms with van der Waals surface area (Å²) in [7, 11) is 1.30. The summed E-state index contributed by atoms with van der Waals surface area (Å²) in [6.07, 6.45) is 0.517. The minimum Gasteiger partial charge on any atom is -0.467 e. The van der Waals surface area contributed by atoms with Gasteiger partial charge in [0.05, 0.1) is 13.2 Å². The molecular weight excluding hydrogens is 278 g/mol. The molecule has 1 rings (SSSR count). The van der Waals surface area contributed by atoms with E-state index in [4.69, 9.17) is 10.5 Å². The van der Waals surface area contributed by atoms with E-state index in [1.54, 1.807) is 12.3 Å². The number of carbonyl (C=O) groups is 2. The van der Waals surface area contributed by atoms with E-state index in [-0.39, 0.29) is 23.6 Å². The predicted octanol–water partition coefficient (Wildman–Crippen LogP) is 1.48. The van der Waals surface area contributed by atoms with Crippen LogP contribution in [0, 0.1) is 5.92 Å². The summed E-state index contributed by atoms with van der Waals surface area (Å²) in [6.45, 7) is 5.74. The van der Waals surface area contributed by atoms with Crippen molar-refractivity contribution in [1.29, 1.82) is 0 Å². The van der Waals surface area contributed by atoms with Gasteiger partial charge in [-0.25, -0.2) is 9.78 Å². The maximum absolute atomic E-state index is 12.1. The van der Waals surface area contributed by atoms with Crippen LogP contribution in [0.2, 0.25) is 0 Å². The summed E-state index contributed by atoms with van der Waals surface area (Å²) < 4.78 is 4.70. The second kappa shape index (κ2) is 7.35. The number of hydrogen-bond acceptors (Lipinski definition) is 6. The molecule has 0 saturated heterocycles. The lowest BCUT2D eigenvalue weighted by atomic mass is 10.0. The first-order valence-corrected chi connectivity index (χ1v) is 7.32. The summed E-state index contributed by atoms with van der Waals surface area (Å²) in [6, 6.07) is -0.874. The quantitative estimate of drug-likeness (QED) is 0.776. The Balaban J connectivity index is 2.76. The highest BCUT2D eigenvalue weighted by atomic mass is 32.1. The zero-order valence-electron chi connectivity index (χ0n) is 12.2. The largest absolute Gasteiger partial charge is 0.467 e. The SMILES string of the molecule is COC(=O)[C@H](CC(C)C)NC(=O)c1csc(C(C)N)n1. The van der Waals surface area contributed by atoms with E-state index in [9.17, 15) is 9.59 Å². The summed E-state index contributed by atoms with van der Waals surface area (Å²) in [4.78, 5) is 27.9. The monoisotopic (exact) mass is 299 g/mol. The van der Waals surface area contributed by atoms with Crippen LogP contribution in [0.5, 0.6) is 0 Å². The van der Waals surface area contributed by atoms with Crippen molar-refractivity contribution in [3.63, 3.8) is 0 Å². The van der Waals surface area contributed by atoms with Crippen molar-refractivity contribution in [2.45, 2.75) is 39.3 Å². The van der Waals surface area contributed by atoms with E-state index in [0.717, 1.165) is 0 Å². The molecule has 1 aromatic heterocycles. The molecule has 1 amide bonds. The number of hydrogen-bond donors (Lipinski definition) is 2. The van der Waals surface area contributed by atoms with Crippen LogP contribution >= 0.6 is 11.3 Å². The number of methoxy groups -OCH3 is 1. The van der Waals surface area contributed by atoms with Gasteiger partial charge in [-0.15, -0.1) is 11.3 Å². The molecule has 112 valence electrons. The third-order valence-electron chi connectivity index (χ3n) is 2.64. The number of ether oxygens (including phenoxy) is 1. The average molecular weight is 299 g/mol. The molecule has 0 bridgehead atoms. The lowest BCUT2D eigenvalue weighted by Gasteiger charge is -2.17. The van der Waals surface area contributed by atoms with Gasteiger partial charge >= 0.3 is 5.97 Å². The van der Waals surface area contributed by atoms with E-state index in [2.05, 4.69) is 10.3 Å². The summed E-state index contributed by atoms with van der Waals surface area (Å²) >= 11 is 1.33.